The Morgan fingerprint density at radius 3 is 2.79 bits per heavy atom. The molecule has 1 rings (SSSR count). The van der Waals surface area contributed by atoms with Gasteiger partial charge in [0.1, 0.15) is 11.5 Å². The summed E-state index contributed by atoms with van der Waals surface area (Å²) in [5.74, 6) is 2.56. The number of H-pyrrole nitrogens is 1. The molecule has 0 aliphatic heterocycles. The SMILES string of the molecule is C#CC(CC)Nc1c(N)n(CCOC)c(=O)[nH]c1=O. The molecule has 0 aliphatic carbocycles. The first-order valence-electron chi connectivity index (χ1n) is 5.89. The number of hydrogen-bond donors (Lipinski definition) is 3. The number of terminal acetylenes is 1. The molecular formula is C12H18N4O3. The van der Waals surface area contributed by atoms with Gasteiger partial charge in [-0.3, -0.25) is 14.3 Å². The number of ether oxygens (including phenoxy) is 1. The van der Waals surface area contributed by atoms with Crippen molar-refractivity contribution in [1.82, 2.24) is 9.55 Å². The molecule has 1 aromatic heterocycles. The zero-order valence-electron chi connectivity index (χ0n) is 11.0. The monoisotopic (exact) mass is 266 g/mol. The van der Waals surface area contributed by atoms with Crippen LogP contribution in [0.3, 0.4) is 0 Å². The van der Waals surface area contributed by atoms with Crippen LogP contribution in [0.25, 0.3) is 0 Å². The Bertz CT molecular complexity index is 582. The number of methoxy groups -OCH3 is 1. The van der Waals surface area contributed by atoms with E-state index < -0.39 is 11.2 Å². The molecule has 1 unspecified atom stereocenters. The Morgan fingerprint density at radius 1 is 1.58 bits per heavy atom. The summed E-state index contributed by atoms with van der Waals surface area (Å²) >= 11 is 0. The molecule has 0 amide bonds. The van der Waals surface area contributed by atoms with Crippen LogP contribution in [0.5, 0.6) is 0 Å². The quantitative estimate of drug-likeness (QED) is 0.607. The molecule has 0 saturated carbocycles. The Morgan fingerprint density at radius 2 is 2.26 bits per heavy atom. The minimum absolute atomic E-state index is 0.0551. The normalized spacial score (nSPS) is 11.8. The van der Waals surface area contributed by atoms with E-state index in [1.54, 1.807) is 0 Å². The first-order chi connectivity index (χ1) is 9.04. The fraction of sp³-hybridized carbons (Fsp3) is 0.500. The van der Waals surface area contributed by atoms with Crippen LogP contribution in [-0.4, -0.2) is 29.3 Å². The lowest BCUT2D eigenvalue weighted by Gasteiger charge is -2.16. The smallest absolute Gasteiger partial charge is 0.330 e. The minimum atomic E-state index is -0.579. The lowest BCUT2D eigenvalue weighted by atomic mass is 10.2. The molecule has 7 nitrogen and oxygen atoms in total. The molecule has 1 atom stereocenters. The number of nitrogens with one attached hydrogen (secondary N) is 2. The van der Waals surface area contributed by atoms with Crippen molar-refractivity contribution < 1.29 is 4.74 Å². The van der Waals surface area contributed by atoms with E-state index >= 15 is 0 Å². The minimum Gasteiger partial charge on any atom is -0.383 e. The molecular weight excluding hydrogens is 248 g/mol. The number of hydrogen-bond acceptors (Lipinski definition) is 5. The third-order valence-electron chi connectivity index (χ3n) is 2.69. The first kappa shape index (κ1) is 14.9. The third kappa shape index (κ3) is 3.39. The maximum absolute atomic E-state index is 11.7. The van der Waals surface area contributed by atoms with Crippen molar-refractivity contribution in [2.45, 2.75) is 25.9 Å². The Labute approximate surface area is 110 Å². The zero-order chi connectivity index (χ0) is 14.4. The highest BCUT2D eigenvalue weighted by Crippen LogP contribution is 2.12. The molecule has 0 fully saturated rings. The van der Waals surface area contributed by atoms with Crippen LogP contribution in [0.4, 0.5) is 11.5 Å². The van der Waals surface area contributed by atoms with E-state index in [0.717, 1.165) is 0 Å². The van der Waals surface area contributed by atoms with Crippen LogP contribution in [0.2, 0.25) is 0 Å². The van der Waals surface area contributed by atoms with Crippen LogP contribution in [0.15, 0.2) is 9.59 Å². The second-order valence-electron chi connectivity index (χ2n) is 3.94. The summed E-state index contributed by atoms with van der Waals surface area (Å²) in [4.78, 5) is 25.6. The molecule has 0 spiro atoms. The standard InChI is InChI=1S/C12H18N4O3/c1-4-8(5-2)14-9-10(13)16(6-7-19-3)12(18)15-11(9)17/h1,8,14H,5-7,13H2,2-3H3,(H,15,17,18). The molecule has 0 bridgehead atoms. The molecule has 19 heavy (non-hydrogen) atoms. The second-order valence-corrected chi connectivity index (χ2v) is 3.94. The number of anilines is 2. The van der Waals surface area contributed by atoms with Crippen molar-refractivity contribution in [2.24, 2.45) is 0 Å². The molecule has 4 N–H and O–H groups in total. The highest BCUT2D eigenvalue weighted by molar-refractivity contribution is 5.61. The molecule has 104 valence electrons. The van der Waals surface area contributed by atoms with Gasteiger partial charge in [-0.15, -0.1) is 6.42 Å². The van der Waals surface area contributed by atoms with Crippen molar-refractivity contribution in [3.63, 3.8) is 0 Å². The number of aromatic nitrogens is 2. The first-order valence-corrected chi connectivity index (χ1v) is 5.89. The average molecular weight is 266 g/mol. The summed E-state index contributed by atoms with van der Waals surface area (Å²) in [7, 11) is 1.51. The van der Waals surface area contributed by atoms with Crippen molar-refractivity contribution in [2.75, 3.05) is 24.8 Å². The fourth-order valence-corrected chi connectivity index (χ4v) is 1.57. The van der Waals surface area contributed by atoms with E-state index in [4.69, 9.17) is 16.9 Å². The van der Waals surface area contributed by atoms with Gasteiger partial charge in [-0.05, 0) is 6.42 Å². The van der Waals surface area contributed by atoms with Gasteiger partial charge in [0.05, 0.1) is 19.2 Å². The van der Waals surface area contributed by atoms with Gasteiger partial charge in [0, 0.05) is 7.11 Å². The fourth-order valence-electron chi connectivity index (χ4n) is 1.57. The van der Waals surface area contributed by atoms with Gasteiger partial charge < -0.3 is 15.8 Å². The van der Waals surface area contributed by atoms with Crippen LogP contribution >= 0.6 is 0 Å². The number of aromatic amines is 1. The van der Waals surface area contributed by atoms with E-state index in [1.807, 2.05) is 6.92 Å². The number of nitrogen functional groups attached to an aromatic ring is 1. The van der Waals surface area contributed by atoms with Gasteiger partial charge in [-0.2, -0.15) is 0 Å². The van der Waals surface area contributed by atoms with Crippen LogP contribution in [-0.2, 0) is 11.3 Å². The highest BCUT2D eigenvalue weighted by Gasteiger charge is 2.14. The van der Waals surface area contributed by atoms with Crippen molar-refractivity contribution in [1.29, 1.82) is 0 Å². The maximum Gasteiger partial charge on any atom is 0.330 e. The predicted molar refractivity (Wildman–Crippen MR) is 74.1 cm³/mol. The molecule has 1 heterocycles. The van der Waals surface area contributed by atoms with Gasteiger partial charge in [0.15, 0.2) is 0 Å². The Balaban J connectivity index is 3.21. The summed E-state index contributed by atoms with van der Waals surface area (Å²) in [5, 5.41) is 2.85. The number of rotatable bonds is 6. The summed E-state index contributed by atoms with van der Waals surface area (Å²) in [6, 6.07) is -0.322. The highest BCUT2D eigenvalue weighted by atomic mass is 16.5. The van der Waals surface area contributed by atoms with Gasteiger partial charge in [0.25, 0.3) is 5.56 Å². The van der Waals surface area contributed by atoms with Gasteiger partial charge >= 0.3 is 5.69 Å². The van der Waals surface area contributed by atoms with E-state index in [9.17, 15) is 9.59 Å². The predicted octanol–water partition coefficient (Wildman–Crippen LogP) is -0.411. The van der Waals surface area contributed by atoms with Crippen molar-refractivity contribution in [3.8, 4) is 12.3 Å². The van der Waals surface area contributed by atoms with Gasteiger partial charge in [-0.25, -0.2) is 4.79 Å². The molecule has 0 aliphatic rings. The van der Waals surface area contributed by atoms with Crippen LogP contribution in [0, 0.1) is 12.3 Å². The van der Waals surface area contributed by atoms with Crippen molar-refractivity contribution in [3.05, 3.63) is 20.8 Å². The Hall–Kier alpha value is -2.20. The molecule has 1 aromatic rings. The lowest BCUT2D eigenvalue weighted by molar-refractivity contribution is 0.186. The molecule has 0 aromatic carbocycles. The van der Waals surface area contributed by atoms with Crippen molar-refractivity contribution >= 4 is 11.5 Å². The molecule has 0 radical (unpaired) electrons. The zero-order valence-corrected chi connectivity index (χ0v) is 11.0. The maximum atomic E-state index is 11.7. The van der Waals surface area contributed by atoms with E-state index in [1.165, 1.54) is 11.7 Å². The molecule has 0 saturated heterocycles. The summed E-state index contributed by atoms with van der Waals surface area (Å²) in [6.45, 7) is 2.43. The number of nitrogens with zero attached hydrogens (tertiary/aromatic N) is 1. The van der Waals surface area contributed by atoms with E-state index in [-0.39, 0.29) is 24.1 Å². The van der Waals surface area contributed by atoms with E-state index in [2.05, 4.69) is 16.2 Å². The average Bonchev–Trinajstić information content (AvgIpc) is 2.38. The Kier molecular flexibility index (Phi) is 5.21. The topological polar surface area (TPSA) is 102 Å². The van der Waals surface area contributed by atoms with Gasteiger partial charge in [-0.1, -0.05) is 12.8 Å². The number of nitrogens with two attached hydrogens (primary N) is 1. The van der Waals surface area contributed by atoms with Crippen LogP contribution < -0.4 is 22.3 Å². The summed E-state index contributed by atoms with van der Waals surface area (Å²) < 4.78 is 6.12. The van der Waals surface area contributed by atoms with Gasteiger partial charge in [0.2, 0.25) is 0 Å². The summed E-state index contributed by atoms with van der Waals surface area (Å²) in [6.07, 6.45) is 5.96. The molecule has 7 heteroatoms. The third-order valence-corrected chi connectivity index (χ3v) is 2.69. The second kappa shape index (κ2) is 6.66. The summed E-state index contributed by atoms with van der Waals surface area (Å²) in [5.41, 5.74) is 4.80. The largest absolute Gasteiger partial charge is 0.383 e. The van der Waals surface area contributed by atoms with E-state index in [0.29, 0.717) is 13.0 Å². The van der Waals surface area contributed by atoms with Crippen LogP contribution in [0.1, 0.15) is 13.3 Å². The lowest BCUT2D eigenvalue weighted by Crippen LogP contribution is -2.36.